The minimum atomic E-state index is -0.169. The highest BCUT2D eigenvalue weighted by Gasteiger charge is 2.31. The van der Waals surface area contributed by atoms with E-state index < -0.39 is 0 Å². The number of phenols is 1. The number of methoxy groups -OCH3 is 1. The molecule has 2 unspecified atom stereocenters. The van der Waals surface area contributed by atoms with Gasteiger partial charge in [0.15, 0.2) is 0 Å². The third-order valence-corrected chi connectivity index (χ3v) is 3.48. The molecule has 0 heterocycles. The number of benzene rings is 1. The molecule has 1 aromatic carbocycles. The first kappa shape index (κ1) is 11.0. The lowest BCUT2D eigenvalue weighted by Gasteiger charge is -2.15. The summed E-state index contributed by atoms with van der Waals surface area (Å²) >= 11 is 0. The molecule has 2 rings (SSSR count). The van der Waals surface area contributed by atoms with Crippen molar-refractivity contribution < 1.29 is 14.6 Å². The summed E-state index contributed by atoms with van der Waals surface area (Å²) in [6.07, 6.45) is 1.61. The molecule has 16 heavy (non-hydrogen) atoms. The van der Waals surface area contributed by atoms with Crippen molar-refractivity contribution >= 4 is 5.97 Å². The van der Waals surface area contributed by atoms with E-state index in [4.69, 9.17) is 4.74 Å². The van der Waals surface area contributed by atoms with E-state index >= 15 is 0 Å². The van der Waals surface area contributed by atoms with Crippen LogP contribution in [0.1, 0.15) is 18.1 Å². The lowest BCUT2D eigenvalue weighted by molar-refractivity contribution is -0.146. The van der Waals surface area contributed by atoms with Gasteiger partial charge in [0.2, 0.25) is 0 Å². The molecule has 2 atom stereocenters. The van der Waals surface area contributed by atoms with Crippen LogP contribution in [0.3, 0.4) is 0 Å². The monoisotopic (exact) mass is 220 g/mol. The summed E-state index contributed by atoms with van der Waals surface area (Å²) in [6.45, 7) is 1.89. The third-order valence-electron chi connectivity index (χ3n) is 3.48. The Kier molecular flexibility index (Phi) is 2.86. The molecule has 0 saturated heterocycles. The number of esters is 1. The predicted molar refractivity (Wildman–Crippen MR) is 60.2 cm³/mol. The van der Waals surface area contributed by atoms with Crippen molar-refractivity contribution in [2.75, 3.05) is 7.11 Å². The SMILES string of the molecule is COC(=O)C(C)C1Cc2cccc(O)c2C1. The van der Waals surface area contributed by atoms with Crippen LogP contribution in [-0.4, -0.2) is 18.2 Å². The molecule has 0 saturated carbocycles. The van der Waals surface area contributed by atoms with E-state index in [1.165, 1.54) is 7.11 Å². The van der Waals surface area contributed by atoms with Crippen LogP contribution < -0.4 is 0 Å². The van der Waals surface area contributed by atoms with Crippen LogP contribution >= 0.6 is 0 Å². The summed E-state index contributed by atoms with van der Waals surface area (Å²) in [5.41, 5.74) is 2.14. The maximum absolute atomic E-state index is 11.5. The molecule has 0 aromatic heterocycles. The highest BCUT2D eigenvalue weighted by atomic mass is 16.5. The van der Waals surface area contributed by atoms with Gasteiger partial charge in [-0.05, 0) is 36.0 Å². The number of carbonyl (C=O) groups excluding carboxylic acids is 1. The highest BCUT2D eigenvalue weighted by molar-refractivity contribution is 5.72. The number of hydrogen-bond acceptors (Lipinski definition) is 3. The van der Waals surface area contributed by atoms with Gasteiger partial charge in [-0.25, -0.2) is 0 Å². The van der Waals surface area contributed by atoms with E-state index in [9.17, 15) is 9.90 Å². The first-order valence-corrected chi connectivity index (χ1v) is 5.51. The molecule has 3 heteroatoms. The first-order chi connectivity index (χ1) is 7.63. The standard InChI is InChI=1S/C13H16O3/c1-8(13(15)16-2)10-6-9-4-3-5-12(14)11(9)7-10/h3-5,8,10,14H,6-7H2,1-2H3. The van der Waals surface area contributed by atoms with Crippen molar-refractivity contribution in [1.29, 1.82) is 0 Å². The van der Waals surface area contributed by atoms with Gasteiger partial charge in [0.1, 0.15) is 5.75 Å². The number of fused-ring (bicyclic) bond motifs is 1. The van der Waals surface area contributed by atoms with Crippen LogP contribution in [0.15, 0.2) is 18.2 Å². The van der Waals surface area contributed by atoms with Crippen LogP contribution in [0.25, 0.3) is 0 Å². The summed E-state index contributed by atoms with van der Waals surface area (Å²) in [4.78, 5) is 11.5. The van der Waals surface area contributed by atoms with E-state index in [0.29, 0.717) is 5.75 Å². The average molecular weight is 220 g/mol. The van der Waals surface area contributed by atoms with Crippen molar-refractivity contribution in [2.24, 2.45) is 11.8 Å². The molecule has 1 N–H and O–H groups in total. The second-order valence-electron chi connectivity index (χ2n) is 4.39. The van der Waals surface area contributed by atoms with Crippen LogP contribution in [0.5, 0.6) is 5.75 Å². The molecule has 0 radical (unpaired) electrons. The number of ether oxygens (including phenoxy) is 1. The highest BCUT2D eigenvalue weighted by Crippen LogP contribution is 2.36. The Labute approximate surface area is 95.0 Å². The van der Waals surface area contributed by atoms with Gasteiger partial charge in [-0.3, -0.25) is 4.79 Å². The summed E-state index contributed by atoms with van der Waals surface area (Å²) in [6, 6.07) is 5.56. The first-order valence-electron chi connectivity index (χ1n) is 5.51. The van der Waals surface area contributed by atoms with Gasteiger partial charge < -0.3 is 9.84 Å². The maximum Gasteiger partial charge on any atom is 0.308 e. The van der Waals surface area contributed by atoms with Crippen molar-refractivity contribution in [3.63, 3.8) is 0 Å². The second-order valence-corrected chi connectivity index (χ2v) is 4.39. The number of hydrogen-bond donors (Lipinski definition) is 1. The topological polar surface area (TPSA) is 46.5 Å². The Balaban J connectivity index is 2.17. The number of carbonyl (C=O) groups is 1. The smallest absolute Gasteiger partial charge is 0.308 e. The summed E-state index contributed by atoms with van der Waals surface area (Å²) in [5, 5.41) is 9.71. The van der Waals surface area contributed by atoms with E-state index in [0.717, 1.165) is 24.0 Å². The lowest BCUT2D eigenvalue weighted by Crippen LogP contribution is -2.22. The van der Waals surface area contributed by atoms with Gasteiger partial charge >= 0.3 is 5.97 Å². The van der Waals surface area contributed by atoms with Crippen LogP contribution in [0.2, 0.25) is 0 Å². The van der Waals surface area contributed by atoms with Crippen LogP contribution in [0, 0.1) is 11.8 Å². The Hall–Kier alpha value is -1.51. The minimum Gasteiger partial charge on any atom is -0.508 e. The molecule has 0 spiro atoms. The van der Waals surface area contributed by atoms with Gasteiger partial charge in [0, 0.05) is 0 Å². The second kappa shape index (κ2) is 4.16. The zero-order valence-corrected chi connectivity index (χ0v) is 9.56. The van der Waals surface area contributed by atoms with Crippen molar-refractivity contribution in [1.82, 2.24) is 0 Å². The fourth-order valence-corrected chi connectivity index (χ4v) is 2.40. The predicted octanol–water partition coefficient (Wildman–Crippen LogP) is 1.92. The van der Waals surface area contributed by atoms with E-state index in [1.807, 2.05) is 19.1 Å². The Morgan fingerprint density at radius 3 is 2.88 bits per heavy atom. The molecule has 1 aromatic rings. The quantitative estimate of drug-likeness (QED) is 0.774. The van der Waals surface area contributed by atoms with Crippen LogP contribution in [0.4, 0.5) is 0 Å². The normalized spacial score (nSPS) is 20.2. The molecule has 1 aliphatic rings. The average Bonchev–Trinajstić information content (AvgIpc) is 2.72. The fourth-order valence-electron chi connectivity index (χ4n) is 2.40. The Morgan fingerprint density at radius 2 is 2.25 bits per heavy atom. The zero-order chi connectivity index (χ0) is 11.7. The van der Waals surface area contributed by atoms with Gasteiger partial charge in [-0.2, -0.15) is 0 Å². The lowest BCUT2D eigenvalue weighted by atomic mass is 9.91. The van der Waals surface area contributed by atoms with Crippen LogP contribution in [-0.2, 0) is 22.4 Å². The summed E-state index contributed by atoms with van der Waals surface area (Å²) < 4.78 is 4.75. The van der Waals surface area contributed by atoms with Gasteiger partial charge in [-0.15, -0.1) is 0 Å². The van der Waals surface area contributed by atoms with E-state index in [1.54, 1.807) is 6.07 Å². The van der Waals surface area contributed by atoms with Crippen molar-refractivity contribution in [3.05, 3.63) is 29.3 Å². The van der Waals surface area contributed by atoms with Gasteiger partial charge in [0.25, 0.3) is 0 Å². The molecule has 0 aliphatic heterocycles. The van der Waals surface area contributed by atoms with Gasteiger partial charge in [0.05, 0.1) is 13.0 Å². The largest absolute Gasteiger partial charge is 0.508 e. The molecular weight excluding hydrogens is 204 g/mol. The minimum absolute atomic E-state index is 0.114. The molecule has 86 valence electrons. The number of phenolic OH excluding ortho intramolecular Hbond substituents is 1. The summed E-state index contributed by atoms with van der Waals surface area (Å²) in [5.74, 6) is 0.307. The van der Waals surface area contributed by atoms with Crippen molar-refractivity contribution in [3.8, 4) is 5.75 Å². The van der Waals surface area contributed by atoms with Crippen molar-refractivity contribution in [2.45, 2.75) is 19.8 Å². The number of aromatic hydroxyl groups is 1. The Bertz CT molecular complexity index is 412. The molecule has 0 amide bonds. The zero-order valence-electron chi connectivity index (χ0n) is 9.56. The molecule has 1 aliphatic carbocycles. The Morgan fingerprint density at radius 1 is 1.50 bits per heavy atom. The molecular formula is C13H16O3. The van der Waals surface area contributed by atoms with E-state index in [-0.39, 0.29) is 17.8 Å². The molecule has 0 fully saturated rings. The third kappa shape index (κ3) is 1.77. The van der Waals surface area contributed by atoms with E-state index in [2.05, 4.69) is 0 Å². The van der Waals surface area contributed by atoms with Gasteiger partial charge in [-0.1, -0.05) is 19.1 Å². The number of rotatable bonds is 2. The molecule has 0 bridgehead atoms. The molecule has 3 nitrogen and oxygen atoms in total. The fraction of sp³-hybridized carbons (Fsp3) is 0.462. The maximum atomic E-state index is 11.5. The summed E-state index contributed by atoms with van der Waals surface area (Å²) in [7, 11) is 1.42.